The van der Waals surface area contributed by atoms with Crippen LogP contribution in [0.5, 0.6) is 0 Å². The van der Waals surface area contributed by atoms with Crippen molar-refractivity contribution in [1.82, 2.24) is 0 Å². The van der Waals surface area contributed by atoms with Crippen molar-refractivity contribution in [2.75, 3.05) is 6.61 Å². The predicted octanol–water partition coefficient (Wildman–Crippen LogP) is 1.57. The smallest absolute Gasteiger partial charge is 0.126 e. The number of epoxide rings is 1. The minimum absolute atomic E-state index is 0.206. The number of rotatable bonds is 2. The normalized spacial score (nSPS) is 24.4. The van der Waals surface area contributed by atoms with Crippen LogP contribution in [0.3, 0.4) is 0 Å². The summed E-state index contributed by atoms with van der Waals surface area (Å²) in [5, 5.41) is 9.92. The molecule has 1 heterocycles. The van der Waals surface area contributed by atoms with Crippen LogP contribution in [0, 0.1) is 11.6 Å². The summed E-state index contributed by atoms with van der Waals surface area (Å²) < 4.78 is 30.6. The van der Waals surface area contributed by atoms with Crippen molar-refractivity contribution in [3.8, 4) is 0 Å². The molecule has 1 saturated heterocycles. The number of aliphatic hydroxyl groups is 1. The Morgan fingerprint density at radius 2 is 1.86 bits per heavy atom. The van der Waals surface area contributed by atoms with E-state index in [0.717, 1.165) is 18.2 Å². The highest BCUT2D eigenvalue weighted by Crippen LogP contribution is 2.34. The molecule has 0 radical (unpaired) electrons. The predicted molar refractivity (Wildman–Crippen MR) is 45.7 cm³/mol. The van der Waals surface area contributed by atoms with E-state index in [1.165, 1.54) is 6.92 Å². The van der Waals surface area contributed by atoms with Crippen LogP contribution >= 0.6 is 0 Å². The van der Waals surface area contributed by atoms with Gasteiger partial charge in [-0.25, -0.2) is 8.78 Å². The molecule has 2 atom stereocenters. The number of hydrogen-bond acceptors (Lipinski definition) is 2. The largest absolute Gasteiger partial charge is 0.383 e. The fourth-order valence-electron chi connectivity index (χ4n) is 1.40. The number of ether oxygens (including phenoxy) is 1. The van der Waals surface area contributed by atoms with Gasteiger partial charge in [-0.3, -0.25) is 0 Å². The molecule has 0 bridgehead atoms. The Morgan fingerprint density at radius 3 is 2.29 bits per heavy atom. The summed E-state index contributed by atoms with van der Waals surface area (Å²) in [6, 6.07) is 3.00. The van der Waals surface area contributed by atoms with Gasteiger partial charge in [0.15, 0.2) is 0 Å². The summed E-state index contributed by atoms with van der Waals surface area (Å²) in [5.74, 6) is -1.39. The average molecular weight is 200 g/mol. The zero-order valence-electron chi connectivity index (χ0n) is 7.63. The molecule has 1 aliphatic heterocycles. The first-order chi connectivity index (χ1) is 6.50. The van der Waals surface area contributed by atoms with E-state index in [0.29, 0.717) is 6.61 Å². The Morgan fingerprint density at radius 1 is 1.36 bits per heavy atom. The molecule has 2 nitrogen and oxygen atoms in total. The molecule has 14 heavy (non-hydrogen) atoms. The zero-order chi connectivity index (χ0) is 10.3. The molecule has 0 aliphatic carbocycles. The summed E-state index contributed by atoms with van der Waals surface area (Å²) in [5.41, 5.74) is -1.11. The highest BCUT2D eigenvalue weighted by Gasteiger charge is 2.43. The second-order valence-electron chi connectivity index (χ2n) is 3.63. The number of benzene rings is 1. The third-order valence-corrected chi connectivity index (χ3v) is 2.41. The lowest BCUT2D eigenvalue weighted by Gasteiger charge is -2.21. The lowest BCUT2D eigenvalue weighted by atomic mass is 9.93. The molecule has 2 rings (SSSR count). The van der Waals surface area contributed by atoms with Crippen LogP contribution in [0.1, 0.15) is 12.5 Å². The van der Waals surface area contributed by atoms with Crippen molar-refractivity contribution in [2.45, 2.75) is 18.6 Å². The van der Waals surface area contributed by atoms with Crippen LogP contribution < -0.4 is 0 Å². The molecule has 1 fully saturated rings. The summed E-state index contributed by atoms with van der Waals surface area (Å²) in [6.45, 7) is 1.91. The molecule has 2 unspecified atom stereocenters. The number of hydrogen-bond donors (Lipinski definition) is 1. The van der Waals surface area contributed by atoms with Gasteiger partial charge in [-0.2, -0.15) is 0 Å². The van der Waals surface area contributed by atoms with Gasteiger partial charge in [0.25, 0.3) is 0 Å². The second kappa shape index (κ2) is 3.00. The first-order valence-corrected chi connectivity index (χ1v) is 4.30. The highest BCUT2D eigenvalue weighted by molar-refractivity contribution is 5.26. The first kappa shape index (κ1) is 9.55. The van der Waals surface area contributed by atoms with Crippen molar-refractivity contribution in [3.05, 3.63) is 35.4 Å². The van der Waals surface area contributed by atoms with Crippen LogP contribution in [-0.4, -0.2) is 17.8 Å². The zero-order valence-corrected chi connectivity index (χ0v) is 7.63. The Bertz CT molecular complexity index is 339. The maximum atomic E-state index is 12.9. The Labute approximate surface area is 80.1 Å². The second-order valence-corrected chi connectivity index (χ2v) is 3.63. The Balaban J connectivity index is 2.39. The SMILES string of the molecule is CC(O)(c1cc(F)cc(F)c1)C1CO1. The van der Waals surface area contributed by atoms with E-state index in [4.69, 9.17) is 4.74 Å². The van der Waals surface area contributed by atoms with Crippen LogP contribution in [0.4, 0.5) is 8.78 Å². The third-order valence-electron chi connectivity index (χ3n) is 2.41. The van der Waals surface area contributed by atoms with E-state index in [-0.39, 0.29) is 11.7 Å². The van der Waals surface area contributed by atoms with Gasteiger partial charge in [-0.1, -0.05) is 0 Å². The van der Waals surface area contributed by atoms with Gasteiger partial charge < -0.3 is 9.84 Å². The molecule has 1 aliphatic rings. The summed E-state index contributed by atoms with van der Waals surface area (Å²) in [6.07, 6.45) is -0.358. The minimum atomic E-state index is -1.32. The van der Waals surface area contributed by atoms with Gasteiger partial charge in [0.2, 0.25) is 0 Å². The molecule has 0 amide bonds. The van der Waals surface area contributed by atoms with Crippen molar-refractivity contribution in [1.29, 1.82) is 0 Å². The molecule has 1 aromatic rings. The van der Waals surface area contributed by atoms with Crippen molar-refractivity contribution >= 4 is 0 Å². The summed E-state index contributed by atoms with van der Waals surface area (Å²) in [4.78, 5) is 0. The van der Waals surface area contributed by atoms with Gasteiger partial charge in [0, 0.05) is 6.07 Å². The number of halogens is 2. The summed E-state index contributed by atoms with van der Waals surface area (Å²) >= 11 is 0. The summed E-state index contributed by atoms with van der Waals surface area (Å²) in [7, 11) is 0. The van der Waals surface area contributed by atoms with Crippen molar-refractivity contribution in [3.63, 3.8) is 0 Å². The van der Waals surface area contributed by atoms with E-state index >= 15 is 0 Å². The van der Waals surface area contributed by atoms with Gasteiger partial charge >= 0.3 is 0 Å². The molecule has 4 heteroatoms. The molecule has 0 aromatic heterocycles. The lowest BCUT2D eigenvalue weighted by molar-refractivity contribution is 0.0254. The van der Waals surface area contributed by atoms with E-state index in [9.17, 15) is 13.9 Å². The minimum Gasteiger partial charge on any atom is -0.383 e. The topological polar surface area (TPSA) is 32.8 Å². The van der Waals surface area contributed by atoms with Crippen LogP contribution in [0.25, 0.3) is 0 Å². The average Bonchev–Trinajstić information content (AvgIpc) is 2.83. The van der Waals surface area contributed by atoms with Gasteiger partial charge in [-0.15, -0.1) is 0 Å². The van der Waals surface area contributed by atoms with E-state index < -0.39 is 17.2 Å². The fourth-order valence-corrected chi connectivity index (χ4v) is 1.40. The highest BCUT2D eigenvalue weighted by atomic mass is 19.1. The van der Waals surface area contributed by atoms with Gasteiger partial charge in [-0.05, 0) is 24.6 Å². The molecule has 0 saturated carbocycles. The quantitative estimate of drug-likeness (QED) is 0.735. The van der Waals surface area contributed by atoms with E-state index in [1.54, 1.807) is 0 Å². The first-order valence-electron chi connectivity index (χ1n) is 4.30. The Kier molecular flexibility index (Phi) is 2.05. The molecule has 1 aromatic carbocycles. The fraction of sp³-hybridized carbons (Fsp3) is 0.400. The van der Waals surface area contributed by atoms with Gasteiger partial charge in [0.05, 0.1) is 6.61 Å². The Hall–Kier alpha value is -1.00. The van der Waals surface area contributed by atoms with Crippen LogP contribution in [-0.2, 0) is 10.3 Å². The maximum Gasteiger partial charge on any atom is 0.126 e. The van der Waals surface area contributed by atoms with Crippen LogP contribution in [0.15, 0.2) is 18.2 Å². The lowest BCUT2D eigenvalue weighted by Crippen LogP contribution is -2.28. The van der Waals surface area contributed by atoms with Crippen molar-refractivity contribution in [2.24, 2.45) is 0 Å². The third kappa shape index (κ3) is 1.63. The maximum absolute atomic E-state index is 12.9. The van der Waals surface area contributed by atoms with E-state index in [1.807, 2.05) is 0 Å². The van der Waals surface area contributed by atoms with E-state index in [2.05, 4.69) is 0 Å². The standard InChI is InChI=1S/C10H10F2O2/c1-10(13,9-5-14-9)6-2-7(11)4-8(12)3-6/h2-4,9,13H,5H2,1H3. The van der Waals surface area contributed by atoms with Crippen LogP contribution in [0.2, 0.25) is 0 Å². The monoisotopic (exact) mass is 200 g/mol. The van der Waals surface area contributed by atoms with Crippen molar-refractivity contribution < 1.29 is 18.6 Å². The molecule has 0 spiro atoms. The van der Waals surface area contributed by atoms with Gasteiger partial charge in [0.1, 0.15) is 23.3 Å². The molecular weight excluding hydrogens is 190 g/mol. The molecular formula is C10H10F2O2. The molecule has 1 N–H and O–H groups in total. The molecule has 76 valence electrons.